The molecule has 2 unspecified atom stereocenters. The smallest absolute Gasteiger partial charge is 0.191 e. The lowest BCUT2D eigenvalue weighted by atomic mass is 9.88. The molecule has 0 radical (unpaired) electrons. The van der Waals surface area contributed by atoms with Crippen molar-refractivity contribution in [1.82, 2.24) is 25.3 Å². The zero-order valence-electron chi connectivity index (χ0n) is 19.6. The van der Waals surface area contributed by atoms with Crippen molar-refractivity contribution >= 4 is 41.3 Å². The monoisotopic (exact) mass is 558 g/mol. The predicted molar refractivity (Wildman–Crippen MR) is 143 cm³/mol. The maximum atomic E-state index is 4.94. The molecule has 2 aromatic heterocycles. The molecule has 0 aliphatic carbocycles. The highest BCUT2D eigenvalue weighted by Crippen LogP contribution is 2.36. The van der Waals surface area contributed by atoms with E-state index in [1.165, 1.54) is 41.2 Å². The van der Waals surface area contributed by atoms with Crippen molar-refractivity contribution in [1.29, 1.82) is 0 Å². The van der Waals surface area contributed by atoms with E-state index in [9.17, 15) is 0 Å². The molecule has 31 heavy (non-hydrogen) atoms. The van der Waals surface area contributed by atoms with Crippen molar-refractivity contribution in [3.8, 4) is 0 Å². The SMILES string of the molecule is CCNC(=NCc1c(CC)nn(C)c1CC)NCC1CCCN(C)C1c1cccs1.I. The van der Waals surface area contributed by atoms with Crippen LogP contribution in [0.3, 0.4) is 0 Å². The maximum absolute atomic E-state index is 4.94. The molecule has 2 atom stereocenters. The fourth-order valence-corrected chi connectivity index (χ4v) is 5.67. The summed E-state index contributed by atoms with van der Waals surface area (Å²) in [5.74, 6) is 1.49. The zero-order chi connectivity index (χ0) is 21.5. The first kappa shape index (κ1) is 26.1. The summed E-state index contributed by atoms with van der Waals surface area (Å²) in [5.41, 5.74) is 3.74. The van der Waals surface area contributed by atoms with E-state index in [-0.39, 0.29) is 24.0 Å². The Labute approximate surface area is 208 Å². The Balaban J connectivity index is 0.00000341. The van der Waals surface area contributed by atoms with Crippen LogP contribution < -0.4 is 10.6 Å². The number of piperidine rings is 1. The van der Waals surface area contributed by atoms with Gasteiger partial charge in [-0.1, -0.05) is 19.9 Å². The Hall–Kier alpha value is -1.13. The summed E-state index contributed by atoms with van der Waals surface area (Å²) in [4.78, 5) is 8.93. The van der Waals surface area contributed by atoms with Gasteiger partial charge in [-0.15, -0.1) is 35.3 Å². The molecule has 1 aliphatic rings. The average molecular weight is 559 g/mol. The fourth-order valence-electron chi connectivity index (χ4n) is 4.68. The Bertz CT molecular complexity index is 816. The Morgan fingerprint density at radius 2 is 2.03 bits per heavy atom. The van der Waals surface area contributed by atoms with Crippen LogP contribution in [0.5, 0.6) is 0 Å². The lowest BCUT2D eigenvalue weighted by molar-refractivity contribution is 0.125. The van der Waals surface area contributed by atoms with Crippen molar-refractivity contribution in [3.63, 3.8) is 0 Å². The number of thiophene rings is 1. The first-order valence-electron chi connectivity index (χ1n) is 11.4. The van der Waals surface area contributed by atoms with Gasteiger partial charge in [0.2, 0.25) is 0 Å². The van der Waals surface area contributed by atoms with E-state index in [1.807, 2.05) is 23.1 Å². The highest BCUT2D eigenvalue weighted by molar-refractivity contribution is 14.0. The Kier molecular flexibility index (Phi) is 10.8. The molecule has 6 nitrogen and oxygen atoms in total. The largest absolute Gasteiger partial charge is 0.357 e. The fraction of sp³-hybridized carbons (Fsp3) is 0.652. The van der Waals surface area contributed by atoms with E-state index >= 15 is 0 Å². The standard InChI is InChI=1S/C23H38N6S.HI/c1-6-19-18(20(7-2)29(5)27-19)16-26-23(24-8-3)25-15-17-11-9-13-28(4)22(17)21-12-10-14-30-21;/h10,12,14,17,22H,6-9,11,13,15-16H2,1-5H3,(H2,24,25,26);1H. The molecule has 3 rings (SSSR count). The van der Waals surface area contributed by atoms with Gasteiger partial charge in [-0.05, 0) is 63.6 Å². The third kappa shape index (κ3) is 6.44. The van der Waals surface area contributed by atoms with Crippen molar-refractivity contribution in [3.05, 3.63) is 39.3 Å². The zero-order valence-corrected chi connectivity index (χ0v) is 22.8. The summed E-state index contributed by atoms with van der Waals surface area (Å²) in [6, 6.07) is 4.94. The molecule has 3 heterocycles. The van der Waals surface area contributed by atoms with Crippen LogP contribution in [0.2, 0.25) is 0 Å². The first-order valence-corrected chi connectivity index (χ1v) is 12.3. The van der Waals surface area contributed by atoms with E-state index in [2.05, 4.69) is 60.9 Å². The van der Waals surface area contributed by atoms with Crippen LogP contribution in [0.1, 0.15) is 61.5 Å². The molecular weight excluding hydrogens is 519 g/mol. The summed E-state index contributed by atoms with van der Waals surface area (Å²) in [6.07, 6.45) is 4.44. The van der Waals surface area contributed by atoms with Gasteiger partial charge in [0.15, 0.2) is 5.96 Å². The van der Waals surface area contributed by atoms with Gasteiger partial charge in [-0.3, -0.25) is 9.58 Å². The van der Waals surface area contributed by atoms with Gasteiger partial charge >= 0.3 is 0 Å². The van der Waals surface area contributed by atoms with Crippen LogP contribution in [-0.2, 0) is 26.4 Å². The second-order valence-electron chi connectivity index (χ2n) is 8.12. The molecule has 8 heteroatoms. The minimum Gasteiger partial charge on any atom is -0.357 e. The quantitative estimate of drug-likeness (QED) is 0.287. The molecule has 0 spiro atoms. The maximum Gasteiger partial charge on any atom is 0.191 e. The molecule has 2 aromatic rings. The number of hydrogen-bond donors (Lipinski definition) is 2. The number of nitrogens with one attached hydrogen (secondary N) is 2. The van der Waals surface area contributed by atoms with Gasteiger partial charge in [0.25, 0.3) is 0 Å². The molecule has 0 amide bonds. The minimum absolute atomic E-state index is 0. The second-order valence-corrected chi connectivity index (χ2v) is 9.10. The first-order chi connectivity index (χ1) is 14.6. The van der Waals surface area contributed by atoms with Crippen LogP contribution >= 0.6 is 35.3 Å². The number of nitrogens with zero attached hydrogens (tertiary/aromatic N) is 4. The van der Waals surface area contributed by atoms with Gasteiger partial charge in [-0.2, -0.15) is 5.10 Å². The van der Waals surface area contributed by atoms with Crippen LogP contribution in [0.25, 0.3) is 0 Å². The van der Waals surface area contributed by atoms with E-state index in [1.54, 1.807) is 0 Å². The number of aliphatic imine (C=N–C) groups is 1. The van der Waals surface area contributed by atoms with Crippen LogP contribution in [-0.4, -0.2) is 47.3 Å². The summed E-state index contributed by atoms with van der Waals surface area (Å²) in [7, 11) is 4.30. The number of aryl methyl sites for hydroxylation is 2. The Morgan fingerprint density at radius 1 is 1.23 bits per heavy atom. The third-order valence-corrected chi connectivity index (χ3v) is 7.08. The van der Waals surface area contributed by atoms with E-state index in [0.717, 1.165) is 31.9 Å². The van der Waals surface area contributed by atoms with Crippen LogP contribution in [0.15, 0.2) is 22.5 Å². The molecule has 0 bridgehead atoms. The number of hydrogen-bond acceptors (Lipinski definition) is 4. The number of halogens is 1. The lowest BCUT2D eigenvalue weighted by Gasteiger charge is -2.39. The second kappa shape index (κ2) is 12.8. The topological polar surface area (TPSA) is 57.5 Å². The van der Waals surface area contributed by atoms with E-state index in [4.69, 9.17) is 10.1 Å². The number of rotatable bonds is 8. The van der Waals surface area contributed by atoms with Crippen molar-refractivity contribution in [2.75, 3.05) is 26.7 Å². The average Bonchev–Trinajstić information content (AvgIpc) is 3.37. The van der Waals surface area contributed by atoms with Crippen LogP contribution in [0, 0.1) is 5.92 Å². The lowest BCUT2D eigenvalue weighted by Crippen LogP contribution is -2.44. The van der Waals surface area contributed by atoms with Crippen molar-refractivity contribution in [2.24, 2.45) is 18.0 Å². The molecule has 0 aromatic carbocycles. The molecule has 1 saturated heterocycles. The molecule has 1 fully saturated rings. The summed E-state index contributed by atoms with van der Waals surface area (Å²) in [5, 5.41) is 14.0. The van der Waals surface area contributed by atoms with E-state index < -0.39 is 0 Å². The van der Waals surface area contributed by atoms with Gasteiger partial charge < -0.3 is 10.6 Å². The number of guanidine groups is 1. The van der Waals surface area contributed by atoms with Crippen molar-refractivity contribution < 1.29 is 0 Å². The van der Waals surface area contributed by atoms with Gasteiger partial charge in [0.05, 0.1) is 12.2 Å². The highest BCUT2D eigenvalue weighted by atomic mass is 127. The molecule has 1 aliphatic heterocycles. The third-order valence-electron chi connectivity index (χ3n) is 6.14. The van der Waals surface area contributed by atoms with Crippen molar-refractivity contribution in [2.45, 2.75) is 59.0 Å². The normalized spacial score (nSPS) is 19.8. The number of aromatic nitrogens is 2. The van der Waals surface area contributed by atoms with Crippen LogP contribution in [0.4, 0.5) is 0 Å². The van der Waals surface area contributed by atoms with E-state index in [0.29, 0.717) is 18.5 Å². The van der Waals surface area contributed by atoms with Gasteiger partial charge in [-0.25, -0.2) is 4.99 Å². The molecule has 0 saturated carbocycles. The Morgan fingerprint density at radius 3 is 2.68 bits per heavy atom. The van der Waals surface area contributed by atoms with Gasteiger partial charge in [0, 0.05) is 42.3 Å². The van der Waals surface area contributed by atoms with Gasteiger partial charge in [0.1, 0.15) is 0 Å². The molecular formula is C23H39IN6S. The summed E-state index contributed by atoms with van der Waals surface area (Å²) in [6.45, 7) is 10.1. The molecule has 2 N–H and O–H groups in total. The number of likely N-dealkylation sites (tertiary alicyclic amines) is 1. The highest BCUT2D eigenvalue weighted by Gasteiger charge is 2.31. The summed E-state index contributed by atoms with van der Waals surface area (Å²) >= 11 is 1.87. The molecule has 174 valence electrons. The predicted octanol–water partition coefficient (Wildman–Crippen LogP) is 4.36. The summed E-state index contributed by atoms with van der Waals surface area (Å²) < 4.78 is 2.02. The minimum atomic E-state index is 0.